The van der Waals surface area contributed by atoms with Gasteiger partial charge < -0.3 is 10.0 Å². The lowest BCUT2D eigenvalue weighted by atomic mass is 9.48. The smallest absolute Gasteiger partial charge is 0.143 e. The molecule has 0 unspecified atom stereocenters. The van der Waals surface area contributed by atoms with E-state index in [1.165, 1.54) is 12.0 Å². The molecule has 0 saturated heterocycles. The number of ketones is 1. The van der Waals surface area contributed by atoms with Crippen LogP contribution in [0.15, 0.2) is 11.6 Å². The summed E-state index contributed by atoms with van der Waals surface area (Å²) in [7, 11) is 4.18. The molecule has 4 rings (SSSR count). The summed E-state index contributed by atoms with van der Waals surface area (Å²) in [6.07, 6.45) is 9.77. The molecule has 0 aromatic heterocycles. The zero-order valence-corrected chi connectivity index (χ0v) is 16.4. The standard InChI is InChI=1S/C22H35NO2/c1-21-9-7-16(24)12-15(21)5-6-17-18(21)8-10-22(2)19(17)11-14(20(22)25)13-23(3)4/h5,14,16-19,24H,6-13H2,1-4H3/t14-,16-,17+,18-,19-,21-,22-/m0/s1. The molecule has 140 valence electrons. The maximum Gasteiger partial charge on any atom is 0.143 e. The summed E-state index contributed by atoms with van der Waals surface area (Å²) < 4.78 is 0. The van der Waals surface area contributed by atoms with E-state index >= 15 is 0 Å². The van der Waals surface area contributed by atoms with Gasteiger partial charge in [-0.3, -0.25) is 4.79 Å². The van der Waals surface area contributed by atoms with Crippen LogP contribution in [0, 0.1) is 34.5 Å². The Morgan fingerprint density at radius 3 is 2.60 bits per heavy atom. The Morgan fingerprint density at radius 2 is 1.88 bits per heavy atom. The molecule has 3 heteroatoms. The maximum atomic E-state index is 13.2. The fraction of sp³-hybridized carbons (Fsp3) is 0.864. The first-order valence-corrected chi connectivity index (χ1v) is 10.3. The predicted molar refractivity (Wildman–Crippen MR) is 100 cm³/mol. The number of rotatable bonds is 2. The molecule has 0 spiro atoms. The van der Waals surface area contributed by atoms with Crippen LogP contribution in [-0.4, -0.2) is 42.5 Å². The lowest BCUT2D eigenvalue weighted by Crippen LogP contribution is -2.50. The van der Waals surface area contributed by atoms with Crippen molar-refractivity contribution >= 4 is 5.78 Å². The number of Topliss-reactive ketones (excluding diaryl/α,β-unsaturated/α-hetero) is 1. The van der Waals surface area contributed by atoms with Crippen molar-refractivity contribution < 1.29 is 9.90 Å². The van der Waals surface area contributed by atoms with Gasteiger partial charge in [-0.15, -0.1) is 0 Å². The SMILES string of the molecule is CN(C)C[C@@H]1C[C@H]2[C@@H]3CC=C4C[C@@H](O)CC[C@]4(C)[C@H]3CC[C@]2(C)C1=O. The van der Waals surface area contributed by atoms with Crippen molar-refractivity contribution in [1.82, 2.24) is 4.90 Å². The van der Waals surface area contributed by atoms with Gasteiger partial charge in [-0.25, -0.2) is 0 Å². The Labute approximate surface area is 152 Å². The lowest BCUT2D eigenvalue weighted by molar-refractivity contribution is -0.134. The third-order valence-corrected chi connectivity index (χ3v) is 8.53. The van der Waals surface area contributed by atoms with E-state index < -0.39 is 0 Å². The molecule has 0 heterocycles. The second-order valence-electron chi connectivity index (χ2n) is 10.2. The molecule has 0 aliphatic heterocycles. The van der Waals surface area contributed by atoms with Crippen molar-refractivity contribution in [2.24, 2.45) is 34.5 Å². The molecule has 3 saturated carbocycles. The highest BCUT2D eigenvalue weighted by Gasteiger charge is 2.60. The monoisotopic (exact) mass is 345 g/mol. The van der Waals surface area contributed by atoms with Gasteiger partial charge in [0.1, 0.15) is 5.78 Å². The normalized spacial score (nSPS) is 49.4. The molecule has 0 amide bonds. The van der Waals surface area contributed by atoms with Gasteiger partial charge in [0, 0.05) is 17.9 Å². The van der Waals surface area contributed by atoms with E-state index in [0.717, 1.165) is 45.1 Å². The number of carbonyl (C=O) groups is 1. The average Bonchev–Trinajstić information content (AvgIpc) is 2.79. The van der Waals surface area contributed by atoms with E-state index in [0.29, 0.717) is 23.5 Å². The van der Waals surface area contributed by atoms with Gasteiger partial charge in [0.2, 0.25) is 0 Å². The molecule has 4 aliphatic rings. The van der Waals surface area contributed by atoms with Gasteiger partial charge >= 0.3 is 0 Å². The van der Waals surface area contributed by atoms with Crippen molar-refractivity contribution in [2.75, 3.05) is 20.6 Å². The number of nitrogens with zero attached hydrogens (tertiary/aromatic N) is 1. The Bertz CT molecular complexity index is 597. The molecule has 25 heavy (non-hydrogen) atoms. The first-order valence-electron chi connectivity index (χ1n) is 10.3. The van der Waals surface area contributed by atoms with Crippen molar-refractivity contribution in [1.29, 1.82) is 0 Å². The van der Waals surface area contributed by atoms with Gasteiger partial charge in [-0.1, -0.05) is 25.5 Å². The molecule has 0 bridgehead atoms. The average molecular weight is 346 g/mol. The number of fused-ring (bicyclic) bond motifs is 5. The van der Waals surface area contributed by atoms with Gasteiger partial charge in [0.05, 0.1) is 6.10 Å². The number of aliphatic hydroxyl groups is 1. The summed E-state index contributed by atoms with van der Waals surface area (Å²) in [6, 6.07) is 0. The number of aliphatic hydroxyl groups excluding tert-OH is 1. The summed E-state index contributed by atoms with van der Waals surface area (Å²) in [6.45, 7) is 5.64. The molecule has 4 aliphatic carbocycles. The lowest BCUT2D eigenvalue weighted by Gasteiger charge is -2.56. The van der Waals surface area contributed by atoms with Crippen LogP contribution in [0.2, 0.25) is 0 Å². The van der Waals surface area contributed by atoms with Crippen molar-refractivity contribution in [3.8, 4) is 0 Å². The molecule has 0 aromatic carbocycles. The molecule has 0 radical (unpaired) electrons. The second-order valence-corrected chi connectivity index (χ2v) is 10.2. The van der Waals surface area contributed by atoms with Crippen molar-refractivity contribution in [2.45, 2.75) is 64.9 Å². The third-order valence-electron chi connectivity index (χ3n) is 8.53. The quantitative estimate of drug-likeness (QED) is 0.776. The highest BCUT2D eigenvalue weighted by atomic mass is 16.3. The molecular formula is C22H35NO2. The molecule has 1 N–H and O–H groups in total. The van der Waals surface area contributed by atoms with E-state index in [9.17, 15) is 9.90 Å². The van der Waals surface area contributed by atoms with E-state index in [1.807, 2.05) is 0 Å². The zero-order valence-electron chi connectivity index (χ0n) is 16.4. The highest BCUT2D eigenvalue weighted by Crippen LogP contribution is 2.64. The Morgan fingerprint density at radius 1 is 1.16 bits per heavy atom. The zero-order chi connectivity index (χ0) is 18.0. The number of allylic oxidation sites excluding steroid dienone is 1. The molecule has 7 atom stereocenters. The van der Waals surface area contributed by atoms with Crippen molar-refractivity contribution in [3.05, 3.63) is 11.6 Å². The van der Waals surface area contributed by atoms with Crippen LogP contribution in [0.1, 0.15) is 58.8 Å². The number of hydrogen-bond acceptors (Lipinski definition) is 3. The van der Waals surface area contributed by atoms with Crippen LogP contribution in [0.25, 0.3) is 0 Å². The molecule has 3 nitrogen and oxygen atoms in total. The Balaban J connectivity index is 1.63. The minimum atomic E-state index is -0.137. The van der Waals surface area contributed by atoms with E-state index in [4.69, 9.17) is 0 Å². The van der Waals surface area contributed by atoms with Crippen LogP contribution in [-0.2, 0) is 4.79 Å². The first-order chi connectivity index (χ1) is 11.8. The van der Waals surface area contributed by atoms with Crippen LogP contribution in [0.4, 0.5) is 0 Å². The summed E-state index contributed by atoms with van der Waals surface area (Å²) in [5.41, 5.74) is 1.70. The van der Waals surface area contributed by atoms with Gasteiger partial charge in [-0.05, 0) is 82.2 Å². The van der Waals surface area contributed by atoms with E-state index in [-0.39, 0.29) is 22.9 Å². The highest BCUT2D eigenvalue weighted by molar-refractivity contribution is 5.89. The van der Waals surface area contributed by atoms with Gasteiger partial charge in [0.15, 0.2) is 0 Å². The molecule has 0 aromatic rings. The summed E-state index contributed by atoms with van der Waals surface area (Å²) in [4.78, 5) is 15.4. The van der Waals surface area contributed by atoms with E-state index in [2.05, 4.69) is 38.9 Å². The third kappa shape index (κ3) is 2.56. The summed E-state index contributed by atoms with van der Waals surface area (Å²) in [5, 5.41) is 10.1. The summed E-state index contributed by atoms with van der Waals surface area (Å²) in [5.74, 6) is 2.71. The minimum absolute atomic E-state index is 0.0856. The van der Waals surface area contributed by atoms with Gasteiger partial charge in [-0.2, -0.15) is 0 Å². The fourth-order valence-electron chi connectivity index (χ4n) is 7.18. The Hall–Kier alpha value is -0.670. The number of hydrogen-bond donors (Lipinski definition) is 1. The minimum Gasteiger partial charge on any atom is -0.393 e. The number of carbonyl (C=O) groups excluding carboxylic acids is 1. The fourth-order valence-corrected chi connectivity index (χ4v) is 7.18. The van der Waals surface area contributed by atoms with Gasteiger partial charge in [0.25, 0.3) is 0 Å². The summed E-state index contributed by atoms with van der Waals surface area (Å²) >= 11 is 0. The Kier molecular flexibility index (Phi) is 4.20. The topological polar surface area (TPSA) is 40.5 Å². The molecule has 3 fully saturated rings. The van der Waals surface area contributed by atoms with Crippen molar-refractivity contribution in [3.63, 3.8) is 0 Å². The van der Waals surface area contributed by atoms with Crippen LogP contribution in [0.5, 0.6) is 0 Å². The first kappa shape index (κ1) is 17.7. The predicted octanol–water partition coefficient (Wildman–Crippen LogP) is 3.67. The van der Waals surface area contributed by atoms with Crippen LogP contribution in [0.3, 0.4) is 0 Å². The van der Waals surface area contributed by atoms with Crippen LogP contribution < -0.4 is 0 Å². The molecular weight excluding hydrogens is 310 g/mol. The second kappa shape index (κ2) is 5.92. The maximum absolute atomic E-state index is 13.2. The largest absolute Gasteiger partial charge is 0.393 e. The van der Waals surface area contributed by atoms with E-state index in [1.54, 1.807) is 0 Å². The van der Waals surface area contributed by atoms with Crippen LogP contribution >= 0.6 is 0 Å².